The summed E-state index contributed by atoms with van der Waals surface area (Å²) in [6.07, 6.45) is 11.3. The molecule has 4 nitrogen and oxygen atoms in total. The predicted octanol–water partition coefficient (Wildman–Crippen LogP) is 1.97. The number of fused-ring (bicyclic) bond motifs is 1. The Morgan fingerprint density at radius 2 is 1.25 bits per heavy atom. The summed E-state index contributed by atoms with van der Waals surface area (Å²) in [6, 6.07) is 0. The van der Waals surface area contributed by atoms with Crippen molar-refractivity contribution in [2.24, 2.45) is 22.3 Å². The molecule has 0 bridgehead atoms. The number of rotatable bonds is 2. The van der Waals surface area contributed by atoms with Gasteiger partial charge in [0.25, 0.3) is 0 Å². The summed E-state index contributed by atoms with van der Waals surface area (Å²) in [5.74, 6) is -0.834. The van der Waals surface area contributed by atoms with Gasteiger partial charge in [0.05, 0.1) is 10.8 Å². The number of hydrogen-bond donors (Lipinski definition) is 2. The maximum atomic E-state index is 11.8. The van der Waals surface area contributed by atoms with Crippen LogP contribution in [0.25, 0.3) is 0 Å². The van der Waals surface area contributed by atoms with Gasteiger partial charge in [0.15, 0.2) is 0 Å². The Morgan fingerprint density at radius 3 is 1.55 bits per heavy atom. The van der Waals surface area contributed by atoms with E-state index in [0.29, 0.717) is 0 Å². The average Bonchev–Trinajstić information content (AvgIpc) is 2.37. The van der Waals surface area contributed by atoms with Crippen molar-refractivity contribution in [1.29, 1.82) is 0 Å². The first-order chi connectivity index (χ1) is 9.27. The Balaban J connectivity index is 2.62. The molecule has 2 unspecified atom stereocenters. The van der Waals surface area contributed by atoms with Crippen LogP contribution in [-0.4, -0.2) is 11.8 Å². The molecule has 2 rings (SSSR count). The minimum absolute atomic E-state index is 0.417. The lowest BCUT2D eigenvalue weighted by atomic mass is 9.74. The molecule has 0 spiro atoms. The second-order valence-electron chi connectivity index (χ2n) is 6.17. The number of primary amides is 2. The van der Waals surface area contributed by atoms with E-state index in [2.05, 4.69) is 0 Å². The van der Waals surface area contributed by atoms with Crippen molar-refractivity contribution in [2.45, 2.75) is 39.5 Å². The zero-order valence-electron chi connectivity index (χ0n) is 12.1. The summed E-state index contributed by atoms with van der Waals surface area (Å²) in [4.78, 5) is 23.6. The summed E-state index contributed by atoms with van der Waals surface area (Å²) >= 11 is 0. The van der Waals surface area contributed by atoms with Gasteiger partial charge in [-0.15, -0.1) is 0 Å². The highest BCUT2D eigenvalue weighted by molar-refractivity contribution is 5.88. The molecule has 0 aromatic rings. The van der Waals surface area contributed by atoms with Crippen molar-refractivity contribution in [2.75, 3.05) is 0 Å². The average molecular weight is 274 g/mol. The van der Waals surface area contributed by atoms with Crippen LogP contribution >= 0.6 is 0 Å². The standard InChI is InChI=1S/C16H22N2O2/c1-15(13(17)19)7-8-16(2,14(18)20)10-12-6-4-3-5-11(12)9-15/h7-10H,3-6H2,1-2H3,(H2,17,19)(H2,18,20)/b8-7-,11-9-,12-10?. The van der Waals surface area contributed by atoms with Crippen molar-refractivity contribution in [1.82, 2.24) is 0 Å². The van der Waals surface area contributed by atoms with E-state index >= 15 is 0 Å². The van der Waals surface area contributed by atoms with Gasteiger partial charge in [0.2, 0.25) is 11.8 Å². The van der Waals surface area contributed by atoms with Crippen molar-refractivity contribution in [3.05, 3.63) is 35.5 Å². The molecule has 2 aliphatic rings. The fourth-order valence-corrected chi connectivity index (χ4v) is 2.75. The summed E-state index contributed by atoms with van der Waals surface area (Å²) in [6.45, 7) is 3.55. The van der Waals surface area contributed by atoms with Gasteiger partial charge in [0.1, 0.15) is 0 Å². The number of allylic oxidation sites excluding steroid dienone is 2. The lowest BCUT2D eigenvalue weighted by Gasteiger charge is -2.30. The lowest BCUT2D eigenvalue weighted by molar-refractivity contribution is -0.124. The Hall–Kier alpha value is -1.84. The molecule has 2 aliphatic carbocycles. The van der Waals surface area contributed by atoms with Gasteiger partial charge < -0.3 is 11.5 Å². The largest absolute Gasteiger partial charge is 0.369 e. The molecule has 0 aliphatic heterocycles. The molecule has 108 valence electrons. The van der Waals surface area contributed by atoms with Gasteiger partial charge in [-0.1, -0.05) is 24.3 Å². The number of amides is 2. The first-order valence-electron chi connectivity index (χ1n) is 7.01. The van der Waals surface area contributed by atoms with Crippen molar-refractivity contribution < 1.29 is 9.59 Å². The van der Waals surface area contributed by atoms with E-state index in [4.69, 9.17) is 11.5 Å². The molecule has 0 heterocycles. The third kappa shape index (κ3) is 2.55. The quantitative estimate of drug-likeness (QED) is 0.754. The zero-order chi connectivity index (χ0) is 15.0. The van der Waals surface area contributed by atoms with Crippen LogP contribution in [0.2, 0.25) is 0 Å². The highest BCUT2D eigenvalue weighted by atomic mass is 16.1. The van der Waals surface area contributed by atoms with Crippen LogP contribution in [-0.2, 0) is 9.59 Å². The number of hydrogen-bond acceptors (Lipinski definition) is 2. The van der Waals surface area contributed by atoms with E-state index in [9.17, 15) is 9.59 Å². The first-order valence-corrected chi connectivity index (χ1v) is 7.01. The molecule has 0 aromatic carbocycles. The molecule has 4 N–H and O–H groups in total. The van der Waals surface area contributed by atoms with Gasteiger partial charge >= 0.3 is 0 Å². The Morgan fingerprint density at radius 1 is 0.900 bits per heavy atom. The minimum atomic E-state index is -0.872. The van der Waals surface area contributed by atoms with E-state index in [1.54, 1.807) is 26.0 Å². The smallest absolute Gasteiger partial charge is 0.231 e. The fourth-order valence-electron chi connectivity index (χ4n) is 2.75. The molecule has 2 amide bonds. The van der Waals surface area contributed by atoms with E-state index in [1.807, 2.05) is 12.2 Å². The number of carbonyl (C=O) groups excluding carboxylic acids is 2. The van der Waals surface area contributed by atoms with Crippen LogP contribution < -0.4 is 11.5 Å². The monoisotopic (exact) mass is 274 g/mol. The molecule has 0 saturated heterocycles. The zero-order valence-corrected chi connectivity index (χ0v) is 12.1. The van der Waals surface area contributed by atoms with Crippen LogP contribution in [0.4, 0.5) is 0 Å². The fraction of sp³-hybridized carbons (Fsp3) is 0.500. The predicted molar refractivity (Wildman–Crippen MR) is 78.4 cm³/mol. The molecule has 0 radical (unpaired) electrons. The van der Waals surface area contributed by atoms with Crippen molar-refractivity contribution >= 4 is 11.8 Å². The molecule has 4 heteroatoms. The third-order valence-electron chi connectivity index (χ3n) is 4.34. The summed E-state index contributed by atoms with van der Waals surface area (Å²) in [7, 11) is 0. The highest BCUT2D eigenvalue weighted by Gasteiger charge is 2.34. The molecule has 0 aromatic heterocycles. The SMILES string of the molecule is CC1(C(N)=O)C=C2CCCC/C2=C/C(C)(C(N)=O)/C=C\1. The first kappa shape index (κ1) is 14.6. The topological polar surface area (TPSA) is 86.2 Å². The molecule has 2 atom stereocenters. The van der Waals surface area contributed by atoms with E-state index in [-0.39, 0.29) is 0 Å². The third-order valence-corrected chi connectivity index (χ3v) is 4.34. The normalized spacial score (nSPS) is 37.5. The van der Waals surface area contributed by atoms with E-state index < -0.39 is 22.6 Å². The maximum absolute atomic E-state index is 11.8. The summed E-state index contributed by atoms with van der Waals surface area (Å²) in [5.41, 5.74) is 11.6. The van der Waals surface area contributed by atoms with Crippen LogP contribution in [0.15, 0.2) is 35.5 Å². The van der Waals surface area contributed by atoms with Gasteiger partial charge in [-0.3, -0.25) is 9.59 Å². The Kier molecular flexibility index (Phi) is 3.59. The molecule has 1 fully saturated rings. The van der Waals surface area contributed by atoms with E-state index in [0.717, 1.165) is 36.8 Å². The van der Waals surface area contributed by atoms with Crippen LogP contribution in [0, 0.1) is 10.8 Å². The maximum Gasteiger partial charge on any atom is 0.231 e. The minimum Gasteiger partial charge on any atom is -0.369 e. The highest BCUT2D eigenvalue weighted by Crippen LogP contribution is 2.39. The summed E-state index contributed by atoms with van der Waals surface area (Å²) in [5, 5.41) is 0. The van der Waals surface area contributed by atoms with E-state index in [1.165, 1.54) is 0 Å². The second kappa shape index (κ2) is 4.93. The van der Waals surface area contributed by atoms with Gasteiger partial charge in [-0.05, 0) is 50.7 Å². The van der Waals surface area contributed by atoms with Crippen molar-refractivity contribution in [3.8, 4) is 0 Å². The Labute approximate surface area is 119 Å². The molecular weight excluding hydrogens is 252 g/mol. The molecular formula is C16H22N2O2. The lowest BCUT2D eigenvalue weighted by Crippen LogP contribution is -2.36. The van der Waals surface area contributed by atoms with Crippen LogP contribution in [0.3, 0.4) is 0 Å². The van der Waals surface area contributed by atoms with Crippen molar-refractivity contribution in [3.63, 3.8) is 0 Å². The number of carbonyl (C=O) groups is 2. The van der Waals surface area contributed by atoms with Gasteiger partial charge in [-0.25, -0.2) is 0 Å². The van der Waals surface area contributed by atoms with Gasteiger partial charge in [0, 0.05) is 0 Å². The molecule has 1 saturated carbocycles. The Bertz CT molecular complexity index is 497. The van der Waals surface area contributed by atoms with Gasteiger partial charge in [-0.2, -0.15) is 0 Å². The second-order valence-corrected chi connectivity index (χ2v) is 6.17. The molecule has 20 heavy (non-hydrogen) atoms. The van der Waals surface area contributed by atoms with Crippen LogP contribution in [0.1, 0.15) is 39.5 Å². The number of nitrogens with two attached hydrogens (primary N) is 2. The van der Waals surface area contributed by atoms with Crippen LogP contribution in [0.5, 0.6) is 0 Å². The summed E-state index contributed by atoms with van der Waals surface area (Å²) < 4.78 is 0.